The summed E-state index contributed by atoms with van der Waals surface area (Å²) in [5.74, 6) is -1.44. The molecule has 1 amide bonds. The third-order valence-corrected chi connectivity index (χ3v) is 7.21. The molecule has 2 N–H and O–H groups in total. The Hall–Kier alpha value is -2.77. The van der Waals surface area contributed by atoms with Gasteiger partial charge in [0.25, 0.3) is 0 Å². The Bertz CT molecular complexity index is 1100. The Kier molecular flexibility index (Phi) is 7.95. The summed E-state index contributed by atoms with van der Waals surface area (Å²) >= 11 is 1.48. The van der Waals surface area contributed by atoms with Crippen LogP contribution >= 0.6 is 11.3 Å². The van der Waals surface area contributed by atoms with E-state index in [4.69, 9.17) is 0 Å². The first-order valence-corrected chi connectivity index (χ1v) is 12.6. The minimum absolute atomic E-state index is 0.000388. The number of hydrogen-bond donors (Lipinski definition) is 2. The van der Waals surface area contributed by atoms with Crippen molar-refractivity contribution in [1.82, 2.24) is 5.32 Å². The van der Waals surface area contributed by atoms with Crippen molar-refractivity contribution in [3.63, 3.8) is 0 Å². The summed E-state index contributed by atoms with van der Waals surface area (Å²) in [5.41, 5.74) is 1.26. The Morgan fingerprint density at radius 1 is 1.12 bits per heavy atom. The van der Waals surface area contributed by atoms with E-state index in [2.05, 4.69) is 5.32 Å². The molecular weight excluding hydrogens is 454 g/mol. The largest absolute Gasteiger partial charge is 0.373 e. The van der Waals surface area contributed by atoms with E-state index in [0.29, 0.717) is 5.69 Å². The Labute approximate surface area is 203 Å². The van der Waals surface area contributed by atoms with Crippen molar-refractivity contribution in [3.05, 3.63) is 87.6 Å². The molecule has 4 nitrogen and oxygen atoms in total. The average molecular weight is 485 g/mol. The van der Waals surface area contributed by atoms with Crippen LogP contribution in [0.2, 0.25) is 0 Å². The predicted molar refractivity (Wildman–Crippen MR) is 132 cm³/mol. The van der Waals surface area contributed by atoms with Crippen LogP contribution in [0.3, 0.4) is 0 Å². The van der Waals surface area contributed by atoms with Gasteiger partial charge >= 0.3 is 0 Å². The average Bonchev–Trinajstić information content (AvgIpc) is 3.32. The van der Waals surface area contributed by atoms with Crippen LogP contribution in [-0.4, -0.2) is 23.3 Å². The van der Waals surface area contributed by atoms with Gasteiger partial charge in [-0.25, -0.2) is 8.78 Å². The van der Waals surface area contributed by atoms with Gasteiger partial charge in [-0.15, -0.1) is 11.3 Å². The molecule has 1 aliphatic rings. The number of anilines is 1. The highest BCUT2D eigenvalue weighted by Gasteiger charge is 2.36. The first-order chi connectivity index (χ1) is 16.4. The lowest BCUT2D eigenvalue weighted by molar-refractivity contribution is -0.124. The molecule has 0 bridgehead atoms. The molecule has 4 rings (SSSR count). The standard InChI is InChI=1S/C27H30F2N2O2S/c1-18-12-13-24(29)23(15-18)26(27(33)30-20-8-3-2-4-9-20)31(21-10-5-7-19(28)16-21)25(32)17-22-11-6-14-34-22/h5-7,10-16,20,25-26,32H,2-4,8-9,17H2,1H3,(H,30,33). The number of aryl methyl sites for hydroxylation is 1. The number of aliphatic hydroxyl groups excluding tert-OH is 1. The molecule has 1 heterocycles. The fraction of sp³-hybridized carbons (Fsp3) is 0.370. The van der Waals surface area contributed by atoms with Gasteiger partial charge in [0.1, 0.15) is 23.9 Å². The summed E-state index contributed by atoms with van der Waals surface area (Å²) in [6, 6.07) is 12.9. The van der Waals surface area contributed by atoms with Gasteiger partial charge in [-0.1, -0.05) is 49.1 Å². The Morgan fingerprint density at radius 3 is 2.62 bits per heavy atom. The number of carbonyl (C=O) groups excluding carboxylic acids is 1. The monoisotopic (exact) mass is 484 g/mol. The molecule has 3 aromatic rings. The number of rotatable bonds is 8. The predicted octanol–water partition coefficient (Wildman–Crippen LogP) is 5.89. The number of carbonyl (C=O) groups is 1. The second kappa shape index (κ2) is 11.1. The smallest absolute Gasteiger partial charge is 0.247 e. The zero-order valence-electron chi connectivity index (χ0n) is 19.2. The van der Waals surface area contributed by atoms with Crippen molar-refractivity contribution in [3.8, 4) is 0 Å². The first kappa shape index (κ1) is 24.4. The maximum absolute atomic E-state index is 15.2. The van der Waals surface area contributed by atoms with E-state index in [9.17, 15) is 14.3 Å². The van der Waals surface area contributed by atoms with Crippen LogP contribution in [0.5, 0.6) is 0 Å². The number of benzene rings is 2. The summed E-state index contributed by atoms with van der Waals surface area (Å²) in [6.07, 6.45) is 3.97. The zero-order valence-corrected chi connectivity index (χ0v) is 20.0. The van der Waals surface area contributed by atoms with Crippen molar-refractivity contribution < 1.29 is 18.7 Å². The van der Waals surface area contributed by atoms with Gasteiger partial charge in [0.2, 0.25) is 5.91 Å². The van der Waals surface area contributed by atoms with Crippen molar-refractivity contribution >= 4 is 22.9 Å². The van der Waals surface area contributed by atoms with E-state index in [1.165, 1.54) is 40.5 Å². The third kappa shape index (κ3) is 5.83. The minimum atomic E-state index is -1.18. The molecule has 7 heteroatoms. The van der Waals surface area contributed by atoms with Gasteiger partial charge in [-0.2, -0.15) is 0 Å². The molecule has 1 fully saturated rings. The second-order valence-corrected chi connectivity index (χ2v) is 9.95. The molecule has 1 aromatic heterocycles. The van der Waals surface area contributed by atoms with E-state index in [-0.39, 0.29) is 18.0 Å². The first-order valence-electron chi connectivity index (χ1n) is 11.7. The summed E-state index contributed by atoms with van der Waals surface area (Å²) in [6.45, 7) is 1.83. The normalized spacial score (nSPS) is 16.1. The van der Waals surface area contributed by atoms with E-state index in [0.717, 1.165) is 42.5 Å². The van der Waals surface area contributed by atoms with Crippen LogP contribution in [0.15, 0.2) is 60.0 Å². The van der Waals surface area contributed by atoms with E-state index >= 15 is 4.39 Å². The number of nitrogens with one attached hydrogen (secondary N) is 1. The number of halogens is 2. The molecule has 2 unspecified atom stereocenters. The molecule has 1 aliphatic carbocycles. The molecule has 34 heavy (non-hydrogen) atoms. The van der Waals surface area contributed by atoms with Crippen molar-refractivity contribution in [1.29, 1.82) is 0 Å². The minimum Gasteiger partial charge on any atom is -0.373 e. The summed E-state index contributed by atoms with van der Waals surface area (Å²) in [4.78, 5) is 16.1. The quantitative estimate of drug-likeness (QED) is 0.392. The van der Waals surface area contributed by atoms with Crippen LogP contribution < -0.4 is 10.2 Å². The van der Waals surface area contributed by atoms with Gasteiger partial charge in [-0.3, -0.25) is 4.79 Å². The van der Waals surface area contributed by atoms with Gasteiger partial charge in [0.15, 0.2) is 0 Å². The number of thiophene rings is 1. The highest BCUT2D eigenvalue weighted by molar-refractivity contribution is 7.09. The molecule has 2 aromatic carbocycles. The number of aliphatic hydroxyl groups is 1. The summed E-state index contributed by atoms with van der Waals surface area (Å²) < 4.78 is 29.5. The molecule has 0 radical (unpaired) electrons. The Balaban J connectivity index is 1.78. The van der Waals surface area contributed by atoms with Gasteiger partial charge in [0.05, 0.1) is 0 Å². The molecule has 180 valence electrons. The molecule has 0 saturated heterocycles. The van der Waals surface area contributed by atoms with Crippen LogP contribution in [0.1, 0.15) is 54.1 Å². The lowest BCUT2D eigenvalue weighted by atomic mass is 9.94. The van der Waals surface area contributed by atoms with E-state index in [1.807, 2.05) is 24.4 Å². The fourth-order valence-corrected chi connectivity index (χ4v) is 5.39. The highest BCUT2D eigenvalue weighted by atomic mass is 32.1. The third-order valence-electron chi connectivity index (χ3n) is 6.32. The van der Waals surface area contributed by atoms with Crippen LogP contribution in [0.25, 0.3) is 0 Å². The molecule has 0 spiro atoms. The lowest BCUT2D eigenvalue weighted by Crippen LogP contribution is -2.49. The topological polar surface area (TPSA) is 52.6 Å². The zero-order chi connectivity index (χ0) is 24.1. The van der Waals surface area contributed by atoms with Crippen molar-refractivity contribution in [2.75, 3.05) is 4.90 Å². The van der Waals surface area contributed by atoms with Crippen LogP contribution in [0.4, 0.5) is 14.5 Å². The second-order valence-electron chi connectivity index (χ2n) is 8.92. The number of amides is 1. The number of nitrogens with zero attached hydrogens (tertiary/aromatic N) is 1. The molecule has 0 aliphatic heterocycles. The summed E-state index contributed by atoms with van der Waals surface area (Å²) in [7, 11) is 0. The molecular formula is C27H30F2N2O2S. The van der Waals surface area contributed by atoms with E-state index in [1.54, 1.807) is 18.2 Å². The maximum atomic E-state index is 15.2. The van der Waals surface area contributed by atoms with Crippen molar-refractivity contribution in [2.24, 2.45) is 0 Å². The van der Waals surface area contributed by atoms with Crippen LogP contribution in [-0.2, 0) is 11.2 Å². The highest BCUT2D eigenvalue weighted by Crippen LogP contribution is 2.34. The fourth-order valence-electron chi connectivity index (χ4n) is 4.65. The van der Waals surface area contributed by atoms with E-state index < -0.39 is 29.8 Å². The SMILES string of the molecule is Cc1ccc(F)c(C(C(=O)NC2CCCCC2)N(c2cccc(F)c2)C(O)Cc2cccs2)c1. The maximum Gasteiger partial charge on any atom is 0.247 e. The van der Waals surface area contributed by atoms with Gasteiger partial charge < -0.3 is 15.3 Å². The van der Waals surface area contributed by atoms with Crippen molar-refractivity contribution in [2.45, 2.75) is 63.8 Å². The summed E-state index contributed by atoms with van der Waals surface area (Å²) in [5, 5.41) is 16.4. The van der Waals surface area contributed by atoms with Gasteiger partial charge in [-0.05, 0) is 55.5 Å². The Morgan fingerprint density at radius 2 is 1.91 bits per heavy atom. The number of hydrogen-bond acceptors (Lipinski definition) is 4. The molecule has 2 atom stereocenters. The van der Waals surface area contributed by atoms with Crippen LogP contribution in [0, 0.1) is 18.6 Å². The van der Waals surface area contributed by atoms with Gasteiger partial charge in [0, 0.05) is 28.6 Å². The molecule has 1 saturated carbocycles. The lowest BCUT2D eigenvalue weighted by Gasteiger charge is -2.38.